The molecule has 0 spiro atoms. The van der Waals surface area contributed by atoms with E-state index in [4.69, 9.17) is 5.73 Å². The van der Waals surface area contributed by atoms with Crippen molar-refractivity contribution in [1.29, 1.82) is 0 Å². The number of nitrogens with two attached hydrogens (primary N) is 1. The maximum absolute atomic E-state index is 6.48. The summed E-state index contributed by atoms with van der Waals surface area (Å²) in [6.07, 6.45) is 1.93. The van der Waals surface area contributed by atoms with Crippen LogP contribution < -0.4 is 5.73 Å². The van der Waals surface area contributed by atoms with Gasteiger partial charge in [-0.1, -0.05) is 31.2 Å². The molecule has 0 aliphatic heterocycles. The number of thiophene rings is 1. The molecule has 1 aromatic carbocycles. The quantitative estimate of drug-likeness (QED) is 0.881. The van der Waals surface area contributed by atoms with Crippen molar-refractivity contribution in [2.45, 2.75) is 32.2 Å². The summed E-state index contributed by atoms with van der Waals surface area (Å²) in [4.78, 5) is 1.31. The van der Waals surface area contributed by atoms with Crippen molar-refractivity contribution in [3.8, 4) is 0 Å². The molecule has 3 heteroatoms. The molecule has 2 N–H and O–H groups in total. The van der Waals surface area contributed by atoms with Gasteiger partial charge in [-0.05, 0) is 51.8 Å². The van der Waals surface area contributed by atoms with Gasteiger partial charge in [-0.25, -0.2) is 0 Å². The third kappa shape index (κ3) is 3.02. The Kier molecular flexibility index (Phi) is 4.25. The maximum Gasteiger partial charge on any atom is 0.0430 e. The zero-order valence-corrected chi connectivity index (χ0v) is 13.1. The van der Waals surface area contributed by atoms with Gasteiger partial charge in [-0.2, -0.15) is 0 Å². The fourth-order valence-electron chi connectivity index (χ4n) is 2.01. The van der Waals surface area contributed by atoms with Crippen molar-refractivity contribution in [3.05, 3.63) is 56.2 Å². The van der Waals surface area contributed by atoms with Crippen LogP contribution in [0.5, 0.6) is 0 Å². The smallest absolute Gasteiger partial charge is 0.0430 e. The molecule has 1 unspecified atom stereocenters. The van der Waals surface area contributed by atoms with E-state index < -0.39 is 0 Å². The molecule has 0 aliphatic rings. The van der Waals surface area contributed by atoms with Crippen LogP contribution in [0, 0.1) is 0 Å². The minimum Gasteiger partial charge on any atom is -0.321 e. The fraction of sp³-hybridized carbons (Fsp3) is 0.333. The summed E-state index contributed by atoms with van der Waals surface area (Å²) in [7, 11) is 0. The number of hydrogen-bond donors (Lipinski definition) is 1. The van der Waals surface area contributed by atoms with Crippen LogP contribution in [0.1, 0.15) is 29.9 Å². The van der Waals surface area contributed by atoms with Crippen molar-refractivity contribution in [1.82, 2.24) is 0 Å². The summed E-state index contributed by atoms with van der Waals surface area (Å²) in [5.74, 6) is 0. The van der Waals surface area contributed by atoms with Gasteiger partial charge in [-0.3, -0.25) is 0 Å². The number of aryl methyl sites for hydroxylation is 1. The zero-order chi connectivity index (χ0) is 13.2. The molecule has 18 heavy (non-hydrogen) atoms. The van der Waals surface area contributed by atoms with E-state index in [0.717, 1.165) is 17.3 Å². The molecule has 0 saturated carbocycles. The van der Waals surface area contributed by atoms with Crippen LogP contribution in [0.4, 0.5) is 0 Å². The summed E-state index contributed by atoms with van der Waals surface area (Å²) in [6, 6.07) is 10.7. The van der Waals surface area contributed by atoms with Gasteiger partial charge < -0.3 is 5.73 Å². The molecule has 1 aromatic heterocycles. The van der Waals surface area contributed by atoms with Gasteiger partial charge in [0.1, 0.15) is 0 Å². The first kappa shape index (κ1) is 13.8. The van der Waals surface area contributed by atoms with Gasteiger partial charge in [0, 0.05) is 21.3 Å². The van der Waals surface area contributed by atoms with E-state index in [-0.39, 0.29) is 5.54 Å². The van der Waals surface area contributed by atoms with E-state index in [1.165, 1.54) is 16.0 Å². The first-order chi connectivity index (χ1) is 8.53. The van der Waals surface area contributed by atoms with Crippen LogP contribution >= 0.6 is 27.3 Å². The number of benzene rings is 1. The third-order valence-electron chi connectivity index (χ3n) is 3.24. The molecule has 0 radical (unpaired) electrons. The molecule has 2 rings (SSSR count). The van der Waals surface area contributed by atoms with E-state index in [0.29, 0.717) is 0 Å². The lowest BCUT2D eigenvalue weighted by atomic mass is 9.88. The van der Waals surface area contributed by atoms with Gasteiger partial charge in [0.05, 0.1) is 0 Å². The lowest BCUT2D eigenvalue weighted by Crippen LogP contribution is -2.35. The van der Waals surface area contributed by atoms with Gasteiger partial charge in [-0.15, -0.1) is 11.3 Å². The molecule has 0 bridgehead atoms. The van der Waals surface area contributed by atoms with Gasteiger partial charge in [0.2, 0.25) is 0 Å². The van der Waals surface area contributed by atoms with E-state index in [2.05, 4.69) is 65.5 Å². The Labute approximate surface area is 121 Å². The first-order valence-corrected chi connectivity index (χ1v) is 7.80. The van der Waals surface area contributed by atoms with Crippen molar-refractivity contribution in [2.75, 3.05) is 0 Å². The van der Waals surface area contributed by atoms with Crippen LogP contribution in [-0.4, -0.2) is 0 Å². The van der Waals surface area contributed by atoms with Crippen LogP contribution in [0.15, 0.2) is 40.2 Å². The standard InChI is InChI=1S/C15H18BrNS/c1-3-11-4-6-12(7-5-11)15(2,17)10-14-13(16)8-9-18-14/h4-9H,3,10,17H2,1-2H3. The highest BCUT2D eigenvalue weighted by molar-refractivity contribution is 9.10. The fourth-order valence-corrected chi connectivity index (χ4v) is 3.67. The van der Waals surface area contributed by atoms with Crippen LogP contribution in [0.3, 0.4) is 0 Å². The lowest BCUT2D eigenvalue weighted by molar-refractivity contribution is 0.494. The second-order valence-corrected chi connectivity index (χ2v) is 6.69. The molecule has 1 heterocycles. The van der Waals surface area contributed by atoms with Crippen LogP contribution in [0.25, 0.3) is 0 Å². The summed E-state index contributed by atoms with van der Waals surface area (Å²) in [6.45, 7) is 4.26. The van der Waals surface area contributed by atoms with Gasteiger partial charge in [0.15, 0.2) is 0 Å². The number of hydrogen-bond acceptors (Lipinski definition) is 2. The summed E-state index contributed by atoms with van der Waals surface area (Å²) >= 11 is 5.32. The largest absolute Gasteiger partial charge is 0.321 e. The number of rotatable bonds is 4. The van der Waals surface area contributed by atoms with E-state index in [9.17, 15) is 0 Å². The van der Waals surface area contributed by atoms with Crippen LogP contribution in [0.2, 0.25) is 0 Å². The highest BCUT2D eigenvalue weighted by Crippen LogP contribution is 2.30. The van der Waals surface area contributed by atoms with Gasteiger partial charge in [0.25, 0.3) is 0 Å². The average Bonchev–Trinajstić information content (AvgIpc) is 2.74. The molecule has 0 fully saturated rings. The highest BCUT2D eigenvalue weighted by Gasteiger charge is 2.23. The summed E-state index contributed by atoms with van der Waals surface area (Å²) in [5, 5.41) is 2.09. The minimum absolute atomic E-state index is 0.320. The second kappa shape index (κ2) is 5.55. The normalized spacial score (nSPS) is 14.4. The number of halogens is 1. The van der Waals surface area contributed by atoms with Crippen molar-refractivity contribution < 1.29 is 0 Å². The molecule has 0 saturated heterocycles. The van der Waals surface area contributed by atoms with E-state index in [1.54, 1.807) is 11.3 Å². The zero-order valence-electron chi connectivity index (χ0n) is 10.7. The molecule has 0 aliphatic carbocycles. The van der Waals surface area contributed by atoms with E-state index in [1.807, 2.05) is 0 Å². The summed E-state index contributed by atoms with van der Waals surface area (Å²) in [5.41, 5.74) is 8.70. The Bertz CT molecular complexity index is 514. The Balaban J connectivity index is 2.21. The SMILES string of the molecule is CCc1ccc(C(C)(N)Cc2sccc2Br)cc1. The lowest BCUT2D eigenvalue weighted by Gasteiger charge is -2.25. The topological polar surface area (TPSA) is 26.0 Å². The third-order valence-corrected chi connectivity index (χ3v) is 5.17. The maximum atomic E-state index is 6.48. The Morgan fingerprint density at radius 1 is 1.22 bits per heavy atom. The van der Waals surface area contributed by atoms with E-state index >= 15 is 0 Å². The predicted octanol–water partition coefficient (Wildman–Crippen LogP) is 4.49. The molecule has 2 aromatic rings. The van der Waals surface area contributed by atoms with Crippen LogP contribution in [-0.2, 0) is 18.4 Å². The molecule has 0 amide bonds. The van der Waals surface area contributed by atoms with Crippen molar-refractivity contribution in [3.63, 3.8) is 0 Å². The molecular weight excluding hydrogens is 306 g/mol. The monoisotopic (exact) mass is 323 g/mol. The molecule has 1 atom stereocenters. The average molecular weight is 324 g/mol. The van der Waals surface area contributed by atoms with Crippen molar-refractivity contribution in [2.24, 2.45) is 5.73 Å². The van der Waals surface area contributed by atoms with Crippen molar-refractivity contribution >= 4 is 27.3 Å². The first-order valence-electron chi connectivity index (χ1n) is 6.13. The summed E-state index contributed by atoms with van der Waals surface area (Å²) < 4.78 is 1.16. The highest BCUT2D eigenvalue weighted by atomic mass is 79.9. The van der Waals surface area contributed by atoms with Gasteiger partial charge >= 0.3 is 0 Å². The second-order valence-electron chi connectivity index (χ2n) is 4.84. The molecular formula is C15H18BrNS. The Morgan fingerprint density at radius 3 is 2.39 bits per heavy atom. The molecule has 96 valence electrons. The molecule has 1 nitrogen and oxygen atoms in total. The predicted molar refractivity (Wildman–Crippen MR) is 83.1 cm³/mol. The Hall–Kier alpha value is -0.640. The minimum atomic E-state index is -0.320. The Morgan fingerprint density at radius 2 is 1.89 bits per heavy atom.